The molecule has 0 aliphatic rings. The Morgan fingerprint density at radius 2 is 1.86 bits per heavy atom. The molecule has 0 rings (SSSR count). The second kappa shape index (κ2) is 3.50. The maximum absolute atomic E-state index is 8.42. The summed E-state index contributed by atoms with van der Waals surface area (Å²) in [6, 6.07) is 0. The SMILES string of the molecule is OC(Cl)C(O)CCl. The van der Waals surface area contributed by atoms with Gasteiger partial charge in [-0.05, 0) is 0 Å². The van der Waals surface area contributed by atoms with E-state index in [9.17, 15) is 0 Å². The average Bonchev–Trinajstić information content (AvgIpc) is 1.65. The van der Waals surface area contributed by atoms with Crippen LogP contribution in [0.1, 0.15) is 0 Å². The fraction of sp³-hybridized carbons (Fsp3) is 1.00. The Morgan fingerprint density at radius 3 is 1.86 bits per heavy atom. The first-order valence-corrected chi connectivity index (χ1v) is 2.71. The van der Waals surface area contributed by atoms with E-state index in [-0.39, 0.29) is 5.88 Å². The highest BCUT2D eigenvalue weighted by atomic mass is 35.5. The van der Waals surface area contributed by atoms with Gasteiger partial charge < -0.3 is 10.2 Å². The molecule has 0 aliphatic heterocycles. The van der Waals surface area contributed by atoms with Gasteiger partial charge in [0.15, 0.2) is 5.56 Å². The van der Waals surface area contributed by atoms with Gasteiger partial charge in [0.05, 0.1) is 5.88 Å². The third-order valence-electron chi connectivity index (χ3n) is 0.476. The van der Waals surface area contributed by atoms with Gasteiger partial charge >= 0.3 is 0 Å². The monoisotopic (exact) mass is 144 g/mol. The van der Waals surface area contributed by atoms with Crippen LogP contribution in [-0.2, 0) is 0 Å². The minimum Gasteiger partial charge on any atom is -0.388 e. The standard InChI is InChI=1S/C3H6Cl2O2/c4-1-2(6)3(5)7/h2-3,6-7H,1H2. The Kier molecular flexibility index (Phi) is 3.75. The fourth-order valence-corrected chi connectivity index (χ4v) is 0.423. The van der Waals surface area contributed by atoms with Crippen LogP contribution in [0.3, 0.4) is 0 Å². The van der Waals surface area contributed by atoms with Crippen molar-refractivity contribution in [3.8, 4) is 0 Å². The van der Waals surface area contributed by atoms with Gasteiger partial charge in [0.25, 0.3) is 0 Å². The predicted molar refractivity (Wildman–Crippen MR) is 28.6 cm³/mol. The van der Waals surface area contributed by atoms with Crippen LogP contribution >= 0.6 is 23.2 Å². The quantitative estimate of drug-likeness (QED) is 0.542. The lowest BCUT2D eigenvalue weighted by molar-refractivity contribution is 0.0851. The van der Waals surface area contributed by atoms with Crippen LogP contribution in [0.5, 0.6) is 0 Å². The Bertz CT molecular complexity index is 48.2. The molecule has 0 aromatic carbocycles. The largest absolute Gasteiger partial charge is 0.388 e. The lowest BCUT2D eigenvalue weighted by Gasteiger charge is -2.04. The molecule has 44 valence electrons. The normalized spacial score (nSPS) is 18.9. The third-order valence-corrected chi connectivity index (χ3v) is 1.08. The topological polar surface area (TPSA) is 40.5 Å². The highest BCUT2D eigenvalue weighted by Crippen LogP contribution is 1.98. The van der Waals surface area contributed by atoms with E-state index >= 15 is 0 Å². The average molecular weight is 145 g/mol. The van der Waals surface area contributed by atoms with Crippen molar-refractivity contribution in [1.29, 1.82) is 0 Å². The Labute approximate surface area is 51.7 Å². The van der Waals surface area contributed by atoms with Crippen molar-refractivity contribution < 1.29 is 10.2 Å². The fourth-order valence-electron chi connectivity index (χ4n) is 0.0735. The van der Waals surface area contributed by atoms with E-state index in [1.807, 2.05) is 0 Å². The molecule has 2 unspecified atom stereocenters. The van der Waals surface area contributed by atoms with Gasteiger partial charge in [-0.1, -0.05) is 11.6 Å². The second-order valence-electron chi connectivity index (χ2n) is 1.09. The van der Waals surface area contributed by atoms with E-state index in [1.54, 1.807) is 0 Å². The maximum atomic E-state index is 8.42. The molecule has 2 N–H and O–H groups in total. The van der Waals surface area contributed by atoms with Crippen LogP contribution < -0.4 is 0 Å². The van der Waals surface area contributed by atoms with Crippen molar-refractivity contribution in [2.45, 2.75) is 11.7 Å². The number of aliphatic hydroxyl groups excluding tert-OH is 2. The van der Waals surface area contributed by atoms with Gasteiger partial charge in [0.1, 0.15) is 6.10 Å². The molecule has 2 atom stereocenters. The summed E-state index contributed by atoms with van der Waals surface area (Å²) in [5, 5.41) is 16.7. The second-order valence-corrected chi connectivity index (χ2v) is 1.85. The molecule has 0 radical (unpaired) electrons. The van der Waals surface area contributed by atoms with E-state index < -0.39 is 11.7 Å². The van der Waals surface area contributed by atoms with Gasteiger partial charge in [0, 0.05) is 0 Å². The zero-order valence-corrected chi connectivity index (χ0v) is 5.02. The molecule has 0 amide bonds. The van der Waals surface area contributed by atoms with Crippen LogP contribution in [0.2, 0.25) is 0 Å². The summed E-state index contributed by atoms with van der Waals surface area (Å²) < 4.78 is 0. The van der Waals surface area contributed by atoms with Gasteiger partial charge in [0.2, 0.25) is 0 Å². The third kappa shape index (κ3) is 3.12. The van der Waals surface area contributed by atoms with E-state index in [0.717, 1.165) is 0 Å². The molecule has 0 spiro atoms. The summed E-state index contributed by atoms with van der Waals surface area (Å²) in [5.41, 5.74) is -1.24. The summed E-state index contributed by atoms with van der Waals surface area (Å²) in [6.07, 6.45) is -1.01. The zero-order chi connectivity index (χ0) is 5.86. The predicted octanol–water partition coefficient (Wildman–Crippen LogP) is 0.143. The van der Waals surface area contributed by atoms with Gasteiger partial charge in [-0.3, -0.25) is 0 Å². The zero-order valence-electron chi connectivity index (χ0n) is 3.51. The van der Waals surface area contributed by atoms with Crippen LogP contribution in [0.15, 0.2) is 0 Å². The first-order chi connectivity index (χ1) is 3.18. The first kappa shape index (κ1) is 7.50. The number of aliphatic hydroxyl groups is 2. The summed E-state index contributed by atoms with van der Waals surface area (Å²) in [5.74, 6) is -0.0370. The number of halogens is 2. The van der Waals surface area contributed by atoms with Crippen molar-refractivity contribution in [1.82, 2.24) is 0 Å². The number of alkyl halides is 2. The van der Waals surface area contributed by atoms with Crippen molar-refractivity contribution in [2.75, 3.05) is 5.88 Å². The Balaban J connectivity index is 3.14. The number of hydrogen-bond donors (Lipinski definition) is 2. The van der Waals surface area contributed by atoms with Gasteiger partial charge in [-0.25, -0.2) is 0 Å². The van der Waals surface area contributed by atoms with Crippen LogP contribution in [0, 0.1) is 0 Å². The minimum atomic E-state index is -1.24. The molecule has 2 nitrogen and oxygen atoms in total. The summed E-state index contributed by atoms with van der Waals surface area (Å²) >= 11 is 10.0. The maximum Gasteiger partial charge on any atom is 0.154 e. The van der Waals surface area contributed by atoms with Crippen LogP contribution in [0.25, 0.3) is 0 Å². The van der Waals surface area contributed by atoms with Crippen LogP contribution in [-0.4, -0.2) is 27.8 Å². The first-order valence-electron chi connectivity index (χ1n) is 1.74. The molecule has 0 aromatic heterocycles. The molecule has 0 saturated carbocycles. The van der Waals surface area contributed by atoms with E-state index in [2.05, 4.69) is 0 Å². The molecule has 0 heterocycles. The molecule has 0 aliphatic carbocycles. The molecule has 4 heteroatoms. The van der Waals surface area contributed by atoms with Crippen molar-refractivity contribution in [3.63, 3.8) is 0 Å². The van der Waals surface area contributed by atoms with E-state index in [1.165, 1.54) is 0 Å². The lowest BCUT2D eigenvalue weighted by Crippen LogP contribution is -2.21. The minimum absolute atomic E-state index is 0.0370. The van der Waals surface area contributed by atoms with E-state index in [0.29, 0.717) is 0 Å². The molecular formula is C3H6Cl2O2. The molecule has 0 aromatic rings. The highest BCUT2D eigenvalue weighted by molar-refractivity contribution is 6.22. The molecule has 0 bridgehead atoms. The lowest BCUT2D eigenvalue weighted by atomic mass is 10.4. The number of rotatable bonds is 2. The molecular weight excluding hydrogens is 139 g/mol. The molecule has 0 saturated heterocycles. The smallest absolute Gasteiger partial charge is 0.154 e. The van der Waals surface area contributed by atoms with Gasteiger partial charge in [-0.15, -0.1) is 11.6 Å². The van der Waals surface area contributed by atoms with Crippen molar-refractivity contribution in [2.24, 2.45) is 0 Å². The summed E-state index contributed by atoms with van der Waals surface area (Å²) in [7, 11) is 0. The Morgan fingerprint density at radius 1 is 1.43 bits per heavy atom. The van der Waals surface area contributed by atoms with Crippen LogP contribution in [0.4, 0.5) is 0 Å². The number of hydrogen-bond acceptors (Lipinski definition) is 2. The van der Waals surface area contributed by atoms with E-state index in [4.69, 9.17) is 33.4 Å². The van der Waals surface area contributed by atoms with Gasteiger partial charge in [-0.2, -0.15) is 0 Å². The highest BCUT2D eigenvalue weighted by Gasteiger charge is 2.09. The molecule has 7 heavy (non-hydrogen) atoms. The summed E-state index contributed by atoms with van der Waals surface area (Å²) in [4.78, 5) is 0. The molecule has 0 fully saturated rings. The Hall–Kier alpha value is 0.500. The van der Waals surface area contributed by atoms with Crippen molar-refractivity contribution >= 4 is 23.2 Å². The van der Waals surface area contributed by atoms with Crippen molar-refractivity contribution in [3.05, 3.63) is 0 Å². The summed E-state index contributed by atoms with van der Waals surface area (Å²) in [6.45, 7) is 0.